The lowest BCUT2D eigenvalue weighted by Crippen LogP contribution is -2.00. The Kier molecular flexibility index (Phi) is 3.86. The number of hydrogen-bond donors (Lipinski definition) is 0. The van der Waals surface area contributed by atoms with Gasteiger partial charge in [0.25, 0.3) is 0 Å². The van der Waals surface area contributed by atoms with Gasteiger partial charge in [0.2, 0.25) is 0 Å². The van der Waals surface area contributed by atoms with Gasteiger partial charge in [0.1, 0.15) is 11.5 Å². The first-order valence-corrected chi connectivity index (χ1v) is 8.31. The maximum atomic E-state index is 13.9. The van der Waals surface area contributed by atoms with Crippen LogP contribution < -0.4 is 0 Å². The van der Waals surface area contributed by atoms with E-state index in [1.54, 1.807) is 18.2 Å². The van der Waals surface area contributed by atoms with Crippen molar-refractivity contribution in [2.24, 2.45) is 0 Å². The lowest BCUT2D eigenvalue weighted by Gasteiger charge is -2.08. The topological polar surface area (TPSA) is 30.7 Å². The minimum Gasteiger partial charge on any atom is -0.348 e. The summed E-state index contributed by atoms with van der Waals surface area (Å²) in [5, 5.41) is 0. The highest BCUT2D eigenvalue weighted by molar-refractivity contribution is 9.10. The van der Waals surface area contributed by atoms with Crippen LogP contribution in [0.1, 0.15) is 5.56 Å². The van der Waals surface area contributed by atoms with Crippen LogP contribution in [0.25, 0.3) is 22.8 Å². The predicted molar refractivity (Wildman–Crippen MR) is 95.3 cm³/mol. The molecular weight excluding hydrogens is 369 g/mol. The molecule has 0 aliphatic carbocycles. The summed E-state index contributed by atoms with van der Waals surface area (Å²) in [4.78, 5) is 8.91. The largest absolute Gasteiger partial charge is 0.348 e. The third-order valence-electron chi connectivity index (χ3n) is 3.82. The standard InChI is InChI=1S/C19H13BrFN3/c20-14-7-5-13(6-8-14)11-24-10-9-17-18(12-24)23-19(22-17)15-3-1-2-4-16(15)21/h1-10,12H,11H2. The summed E-state index contributed by atoms with van der Waals surface area (Å²) in [6, 6.07) is 16.7. The molecule has 0 amide bonds. The monoisotopic (exact) mass is 381 g/mol. The Morgan fingerprint density at radius 1 is 0.917 bits per heavy atom. The lowest BCUT2D eigenvalue weighted by molar-refractivity contribution is 0.630. The maximum Gasteiger partial charge on any atom is 0.163 e. The molecule has 3 nitrogen and oxygen atoms in total. The van der Waals surface area contributed by atoms with Crippen LogP contribution in [0, 0.1) is 5.82 Å². The number of nitrogens with zero attached hydrogens (tertiary/aromatic N) is 3. The molecule has 2 aromatic rings. The third-order valence-corrected chi connectivity index (χ3v) is 4.35. The molecule has 118 valence electrons. The Hall–Kier alpha value is -2.53. The first-order chi connectivity index (χ1) is 11.7. The average Bonchev–Trinajstić information content (AvgIpc) is 3.00. The van der Waals surface area contributed by atoms with Gasteiger partial charge in [-0.2, -0.15) is 0 Å². The molecule has 0 bridgehead atoms. The molecule has 5 heteroatoms. The second-order valence-electron chi connectivity index (χ2n) is 5.54. The van der Waals surface area contributed by atoms with Crippen LogP contribution in [0.4, 0.5) is 4.39 Å². The fourth-order valence-electron chi connectivity index (χ4n) is 2.61. The summed E-state index contributed by atoms with van der Waals surface area (Å²) in [5.41, 5.74) is 3.14. The van der Waals surface area contributed by atoms with Crippen molar-refractivity contribution in [3.05, 3.63) is 82.8 Å². The number of hydrogen-bond acceptors (Lipinski definition) is 2. The van der Waals surface area contributed by atoms with E-state index >= 15 is 0 Å². The molecule has 2 aliphatic heterocycles. The first kappa shape index (κ1) is 15.0. The van der Waals surface area contributed by atoms with Gasteiger partial charge in [0, 0.05) is 23.4 Å². The lowest BCUT2D eigenvalue weighted by atomic mass is 10.2. The van der Waals surface area contributed by atoms with Crippen molar-refractivity contribution in [3.63, 3.8) is 0 Å². The molecule has 0 saturated carbocycles. The van der Waals surface area contributed by atoms with Crippen LogP contribution in [0.5, 0.6) is 0 Å². The Balaban J connectivity index is 1.68. The second-order valence-corrected chi connectivity index (χ2v) is 6.46. The second kappa shape index (κ2) is 6.17. The zero-order valence-electron chi connectivity index (χ0n) is 12.7. The van der Waals surface area contributed by atoms with Crippen LogP contribution in [0.3, 0.4) is 0 Å². The molecule has 2 aliphatic rings. The summed E-state index contributed by atoms with van der Waals surface area (Å²) in [7, 11) is 0. The van der Waals surface area contributed by atoms with Crippen molar-refractivity contribution in [1.29, 1.82) is 0 Å². The molecule has 24 heavy (non-hydrogen) atoms. The summed E-state index contributed by atoms with van der Waals surface area (Å²) in [5.74, 6) is 0.111. The van der Waals surface area contributed by atoms with E-state index in [4.69, 9.17) is 0 Å². The van der Waals surface area contributed by atoms with Gasteiger partial charge in [0.05, 0.1) is 11.3 Å². The van der Waals surface area contributed by atoms with Crippen molar-refractivity contribution in [2.45, 2.75) is 6.54 Å². The first-order valence-electron chi connectivity index (χ1n) is 7.52. The molecule has 2 aromatic carbocycles. The van der Waals surface area contributed by atoms with Crippen LogP contribution >= 0.6 is 15.9 Å². The normalized spacial score (nSPS) is 11.1. The Morgan fingerprint density at radius 2 is 1.67 bits per heavy atom. The zero-order chi connectivity index (χ0) is 16.5. The molecule has 0 fully saturated rings. The van der Waals surface area contributed by atoms with Crippen LogP contribution in [-0.4, -0.2) is 14.5 Å². The molecule has 0 N–H and O–H groups in total. The number of imidazole rings is 1. The van der Waals surface area contributed by atoms with E-state index in [9.17, 15) is 4.39 Å². The highest BCUT2D eigenvalue weighted by Crippen LogP contribution is 2.26. The fraction of sp³-hybridized carbons (Fsp3) is 0.0526. The van der Waals surface area contributed by atoms with E-state index in [0.717, 1.165) is 22.4 Å². The molecule has 0 saturated heterocycles. The molecule has 2 heterocycles. The third kappa shape index (κ3) is 2.95. The van der Waals surface area contributed by atoms with Gasteiger partial charge < -0.3 is 4.57 Å². The van der Waals surface area contributed by atoms with Crippen LogP contribution in [0.15, 0.2) is 71.5 Å². The molecule has 0 radical (unpaired) electrons. The van der Waals surface area contributed by atoms with E-state index in [1.165, 1.54) is 11.6 Å². The fourth-order valence-corrected chi connectivity index (χ4v) is 2.88. The number of fused-ring (bicyclic) bond motifs is 1. The zero-order valence-corrected chi connectivity index (χ0v) is 14.2. The molecule has 4 rings (SSSR count). The number of halogens is 2. The summed E-state index contributed by atoms with van der Waals surface area (Å²) in [6.07, 6.45) is 3.90. The van der Waals surface area contributed by atoms with Gasteiger partial charge in [-0.15, -0.1) is 0 Å². The number of rotatable bonds is 3. The molecular formula is C19H13BrFN3. The summed E-state index contributed by atoms with van der Waals surface area (Å²) < 4.78 is 17.0. The molecule has 0 unspecified atom stereocenters. The van der Waals surface area contributed by atoms with Crippen molar-refractivity contribution in [1.82, 2.24) is 14.5 Å². The van der Waals surface area contributed by atoms with E-state index in [1.807, 2.05) is 35.2 Å². The van der Waals surface area contributed by atoms with Gasteiger partial charge >= 0.3 is 0 Å². The Morgan fingerprint density at radius 3 is 2.46 bits per heavy atom. The number of benzene rings is 2. The van der Waals surface area contributed by atoms with Gasteiger partial charge in [-0.25, -0.2) is 14.4 Å². The smallest absolute Gasteiger partial charge is 0.163 e. The minimum atomic E-state index is -0.310. The minimum absolute atomic E-state index is 0.310. The van der Waals surface area contributed by atoms with Crippen molar-refractivity contribution in [2.75, 3.05) is 0 Å². The van der Waals surface area contributed by atoms with E-state index in [-0.39, 0.29) is 5.82 Å². The van der Waals surface area contributed by atoms with Crippen molar-refractivity contribution in [3.8, 4) is 22.8 Å². The van der Waals surface area contributed by atoms with Gasteiger partial charge in [-0.3, -0.25) is 0 Å². The summed E-state index contributed by atoms with van der Waals surface area (Å²) >= 11 is 3.44. The van der Waals surface area contributed by atoms with Crippen molar-refractivity contribution < 1.29 is 4.39 Å². The number of aromatic nitrogens is 3. The number of pyridine rings is 1. The van der Waals surface area contributed by atoms with E-state index in [2.05, 4.69) is 38.0 Å². The Labute approximate surface area is 147 Å². The van der Waals surface area contributed by atoms with Crippen molar-refractivity contribution >= 4 is 15.9 Å². The average molecular weight is 382 g/mol. The molecule has 0 atom stereocenters. The Bertz CT molecular complexity index is 963. The quantitative estimate of drug-likeness (QED) is 0.499. The van der Waals surface area contributed by atoms with Crippen LogP contribution in [0.2, 0.25) is 0 Å². The van der Waals surface area contributed by atoms with Gasteiger partial charge in [-0.1, -0.05) is 40.2 Å². The maximum absolute atomic E-state index is 13.9. The van der Waals surface area contributed by atoms with E-state index in [0.29, 0.717) is 11.4 Å². The highest BCUT2D eigenvalue weighted by atomic mass is 79.9. The highest BCUT2D eigenvalue weighted by Gasteiger charge is 2.15. The van der Waals surface area contributed by atoms with E-state index < -0.39 is 0 Å². The molecule has 0 spiro atoms. The SMILES string of the molecule is Fc1ccccc1-c1nc2ccn(Cc3ccc(Br)cc3)cc-2n1. The van der Waals surface area contributed by atoms with Gasteiger partial charge in [-0.05, 0) is 35.9 Å². The van der Waals surface area contributed by atoms with Gasteiger partial charge in [0.15, 0.2) is 5.82 Å². The summed E-state index contributed by atoms with van der Waals surface area (Å²) in [6.45, 7) is 0.741. The molecule has 0 aromatic heterocycles. The predicted octanol–water partition coefficient (Wildman–Crippen LogP) is 5.00. The van der Waals surface area contributed by atoms with Crippen LogP contribution in [-0.2, 0) is 6.54 Å².